The molecule has 0 radical (unpaired) electrons. The molecule has 0 aromatic heterocycles. The van der Waals surface area contributed by atoms with Gasteiger partial charge < -0.3 is 14.2 Å². The van der Waals surface area contributed by atoms with Crippen molar-refractivity contribution >= 4 is 22.0 Å². The van der Waals surface area contributed by atoms with E-state index in [0.29, 0.717) is 6.42 Å². The molecule has 0 N–H and O–H groups in total. The summed E-state index contributed by atoms with van der Waals surface area (Å²) < 4.78 is 42.8. The van der Waals surface area contributed by atoms with E-state index in [1.54, 1.807) is 19.2 Å². The number of piperidine rings is 1. The number of rotatable bonds is 6. The highest BCUT2D eigenvalue weighted by Crippen LogP contribution is 2.29. The van der Waals surface area contributed by atoms with Crippen LogP contribution in [0.15, 0.2) is 53.4 Å². The van der Waals surface area contributed by atoms with E-state index in [1.807, 2.05) is 24.3 Å². The number of carbonyl (C=O) groups excluding carboxylic acids is 2. The maximum Gasteiger partial charge on any atom is 0.324 e. The Hall–Kier alpha value is -2.91. The molecule has 31 heavy (non-hydrogen) atoms. The molecule has 1 heterocycles. The molecule has 9 heteroatoms. The van der Waals surface area contributed by atoms with Crippen LogP contribution in [0.2, 0.25) is 0 Å². The molecular formula is C22H25NO7S. The van der Waals surface area contributed by atoms with Crippen molar-refractivity contribution in [3.63, 3.8) is 0 Å². The Bertz CT molecular complexity index is 1030. The molecule has 1 aliphatic heterocycles. The highest BCUT2D eigenvalue weighted by atomic mass is 32.2. The smallest absolute Gasteiger partial charge is 0.324 e. The lowest BCUT2D eigenvalue weighted by atomic mass is 10.0. The predicted molar refractivity (Wildman–Crippen MR) is 113 cm³/mol. The minimum Gasteiger partial charge on any atom is -0.497 e. The van der Waals surface area contributed by atoms with Crippen LogP contribution in [0.3, 0.4) is 0 Å². The number of methoxy groups -OCH3 is 2. The standard InChI is InChI=1S/C22H25NO7S/c1-15(24)30-19-12-13-23(21(14-19)22(25)29-3)31(26,27)20-10-6-17(7-11-20)16-4-8-18(28-2)9-5-16/h4-11,19,21H,12-14H2,1-3H3/t19-,21-/m1/s1. The minimum atomic E-state index is -3.96. The van der Waals surface area contributed by atoms with Crippen molar-refractivity contribution in [2.24, 2.45) is 0 Å². The molecule has 2 aromatic carbocycles. The van der Waals surface area contributed by atoms with Crippen LogP contribution in [0.5, 0.6) is 5.75 Å². The fourth-order valence-corrected chi connectivity index (χ4v) is 5.23. The van der Waals surface area contributed by atoms with E-state index in [0.717, 1.165) is 21.2 Å². The van der Waals surface area contributed by atoms with Crippen molar-refractivity contribution in [3.8, 4) is 16.9 Å². The first-order valence-electron chi connectivity index (χ1n) is 9.77. The lowest BCUT2D eigenvalue weighted by Crippen LogP contribution is -2.52. The van der Waals surface area contributed by atoms with E-state index in [1.165, 1.54) is 26.2 Å². The number of hydrogen-bond donors (Lipinski definition) is 0. The average Bonchev–Trinajstić information content (AvgIpc) is 2.78. The van der Waals surface area contributed by atoms with Gasteiger partial charge >= 0.3 is 11.9 Å². The number of hydrogen-bond acceptors (Lipinski definition) is 7. The van der Waals surface area contributed by atoms with Crippen LogP contribution >= 0.6 is 0 Å². The van der Waals surface area contributed by atoms with Crippen molar-refractivity contribution < 1.29 is 32.2 Å². The van der Waals surface area contributed by atoms with Crippen molar-refractivity contribution in [1.82, 2.24) is 4.31 Å². The monoisotopic (exact) mass is 447 g/mol. The largest absolute Gasteiger partial charge is 0.497 e. The Labute approximate surface area is 181 Å². The molecule has 0 amide bonds. The van der Waals surface area contributed by atoms with Gasteiger partial charge in [-0.25, -0.2) is 8.42 Å². The van der Waals surface area contributed by atoms with Gasteiger partial charge in [0.25, 0.3) is 0 Å². The van der Waals surface area contributed by atoms with Crippen molar-refractivity contribution in [2.45, 2.75) is 36.8 Å². The van der Waals surface area contributed by atoms with Gasteiger partial charge in [-0.2, -0.15) is 4.31 Å². The van der Waals surface area contributed by atoms with E-state index in [9.17, 15) is 18.0 Å². The molecule has 0 unspecified atom stereocenters. The van der Waals surface area contributed by atoms with Crippen LogP contribution in [0.25, 0.3) is 11.1 Å². The van der Waals surface area contributed by atoms with Gasteiger partial charge in [-0.1, -0.05) is 24.3 Å². The summed E-state index contributed by atoms with van der Waals surface area (Å²) in [5.41, 5.74) is 1.76. The summed E-state index contributed by atoms with van der Waals surface area (Å²) in [5.74, 6) is -0.428. The average molecular weight is 448 g/mol. The van der Waals surface area contributed by atoms with Gasteiger partial charge in [0.15, 0.2) is 0 Å². The summed E-state index contributed by atoms with van der Waals surface area (Å²) in [6.45, 7) is 1.32. The zero-order valence-electron chi connectivity index (χ0n) is 17.6. The Morgan fingerprint density at radius 1 is 0.968 bits per heavy atom. The molecule has 8 nitrogen and oxygen atoms in total. The molecule has 2 aromatic rings. The third-order valence-corrected chi connectivity index (χ3v) is 7.12. The molecule has 0 bridgehead atoms. The summed E-state index contributed by atoms with van der Waals surface area (Å²) >= 11 is 0. The van der Waals surface area contributed by atoms with Gasteiger partial charge in [-0.15, -0.1) is 0 Å². The number of carbonyl (C=O) groups is 2. The Kier molecular flexibility index (Phi) is 6.97. The van der Waals surface area contributed by atoms with Crippen LogP contribution in [0, 0.1) is 0 Å². The first-order valence-corrected chi connectivity index (χ1v) is 11.2. The van der Waals surface area contributed by atoms with Crippen molar-refractivity contribution in [1.29, 1.82) is 0 Å². The summed E-state index contributed by atoms with van der Waals surface area (Å²) in [5, 5.41) is 0. The summed E-state index contributed by atoms with van der Waals surface area (Å²) in [7, 11) is -1.17. The Morgan fingerprint density at radius 3 is 2.06 bits per heavy atom. The SMILES string of the molecule is COC(=O)[C@H]1C[C@H](OC(C)=O)CCN1S(=O)(=O)c1ccc(-c2ccc(OC)cc2)cc1. The number of ether oxygens (including phenoxy) is 3. The van der Waals surface area contributed by atoms with Crippen molar-refractivity contribution in [2.75, 3.05) is 20.8 Å². The second-order valence-electron chi connectivity index (χ2n) is 7.16. The third kappa shape index (κ3) is 5.05. The third-order valence-electron chi connectivity index (χ3n) is 5.20. The molecule has 3 rings (SSSR count). The predicted octanol–water partition coefficient (Wildman–Crippen LogP) is 2.62. The van der Waals surface area contributed by atoms with Gasteiger partial charge in [0.05, 0.1) is 19.1 Å². The van der Waals surface area contributed by atoms with Crippen LogP contribution in [-0.4, -0.2) is 57.6 Å². The Balaban J connectivity index is 1.84. The van der Waals surface area contributed by atoms with Gasteiger partial charge in [0.1, 0.15) is 17.9 Å². The molecule has 0 saturated carbocycles. The van der Waals surface area contributed by atoms with Gasteiger partial charge in [0.2, 0.25) is 10.0 Å². The zero-order valence-corrected chi connectivity index (χ0v) is 18.4. The molecular weight excluding hydrogens is 422 g/mol. The van der Waals surface area contributed by atoms with Gasteiger partial charge in [-0.05, 0) is 41.8 Å². The van der Waals surface area contributed by atoms with E-state index < -0.39 is 34.1 Å². The van der Waals surface area contributed by atoms with E-state index in [2.05, 4.69) is 0 Å². The topological polar surface area (TPSA) is 99.2 Å². The quantitative estimate of drug-likeness (QED) is 0.628. The normalized spacial score (nSPS) is 19.5. The summed E-state index contributed by atoms with van der Waals surface area (Å²) in [6, 6.07) is 12.8. The fourth-order valence-electron chi connectivity index (χ4n) is 3.63. The summed E-state index contributed by atoms with van der Waals surface area (Å²) in [6.07, 6.45) is -0.184. The lowest BCUT2D eigenvalue weighted by Gasteiger charge is -2.36. The number of nitrogens with zero attached hydrogens (tertiary/aromatic N) is 1. The van der Waals surface area contributed by atoms with E-state index in [-0.39, 0.29) is 17.9 Å². The second kappa shape index (κ2) is 9.49. The second-order valence-corrected chi connectivity index (χ2v) is 9.05. The highest BCUT2D eigenvalue weighted by molar-refractivity contribution is 7.89. The highest BCUT2D eigenvalue weighted by Gasteiger charge is 2.42. The molecule has 1 aliphatic rings. The van der Waals surface area contributed by atoms with E-state index >= 15 is 0 Å². The molecule has 1 saturated heterocycles. The van der Waals surface area contributed by atoms with Crippen LogP contribution in [0.4, 0.5) is 0 Å². The maximum atomic E-state index is 13.3. The molecule has 0 spiro atoms. The molecule has 166 valence electrons. The minimum absolute atomic E-state index is 0.0419. The summed E-state index contributed by atoms with van der Waals surface area (Å²) in [4.78, 5) is 23.6. The number of benzene rings is 2. The molecule has 1 fully saturated rings. The number of esters is 2. The van der Waals surface area contributed by atoms with Crippen LogP contribution in [0.1, 0.15) is 19.8 Å². The maximum absolute atomic E-state index is 13.3. The fraction of sp³-hybridized carbons (Fsp3) is 0.364. The lowest BCUT2D eigenvalue weighted by molar-refractivity contribution is -0.155. The van der Waals surface area contributed by atoms with E-state index in [4.69, 9.17) is 14.2 Å². The van der Waals surface area contributed by atoms with Crippen LogP contribution < -0.4 is 4.74 Å². The molecule has 2 atom stereocenters. The van der Waals surface area contributed by atoms with Gasteiger partial charge in [0, 0.05) is 19.9 Å². The number of sulfonamides is 1. The Morgan fingerprint density at radius 2 is 1.55 bits per heavy atom. The van der Waals surface area contributed by atoms with Crippen LogP contribution in [-0.2, 0) is 29.1 Å². The van der Waals surface area contributed by atoms with Crippen molar-refractivity contribution in [3.05, 3.63) is 48.5 Å². The zero-order chi connectivity index (χ0) is 22.6. The first kappa shape index (κ1) is 22.8. The van der Waals surface area contributed by atoms with Gasteiger partial charge in [-0.3, -0.25) is 9.59 Å². The molecule has 0 aliphatic carbocycles. The first-order chi connectivity index (χ1) is 14.8.